The fourth-order valence-corrected chi connectivity index (χ4v) is 2.49. The largest absolute Gasteiger partial charge is 0.337 e. The highest BCUT2D eigenvalue weighted by atomic mass is 15.1. The molecule has 0 bridgehead atoms. The van der Waals surface area contributed by atoms with Crippen LogP contribution in [-0.4, -0.2) is 34.6 Å². The third-order valence-corrected chi connectivity index (χ3v) is 3.71. The molecule has 0 atom stereocenters. The van der Waals surface area contributed by atoms with Crippen LogP contribution in [0.5, 0.6) is 0 Å². The molecule has 4 heteroatoms. The van der Waals surface area contributed by atoms with Crippen LogP contribution in [-0.2, 0) is 26.6 Å². The third kappa shape index (κ3) is 4.69. The molecule has 0 saturated heterocycles. The molecular formula is C17H26N4. The van der Waals surface area contributed by atoms with Crippen LogP contribution in [0.4, 0.5) is 0 Å². The fourth-order valence-electron chi connectivity index (χ4n) is 2.49. The van der Waals surface area contributed by atoms with Crippen LogP contribution < -0.4 is 5.32 Å². The molecule has 0 saturated carbocycles. The zero-order valence-electron chi connectivity index (χ0n) is 13.3. The topological polar surface area (TPSA) is 33.1 Å². The molecule has 0 spiro atoms. The number of nitrogens with one attached hydrogen (secondary N) is 1. The Hall–Kier alpha value is -1.65. The summed E-state index contributed by atoms with van der Waals surface area (Å²) in [6, 6.07) is 8.72. The van der Waals surface area contributed by atoms with E-state index in [0.29, 0.717) is 0 Å². The predicted octanol–water partition coefficient (Wildman–Crippen LogP) is 2.20. The van der Waals surface area contributed by atoms with Crippen molar-refractivity contribution < 1.29 is 0 Å². The highest BCUT2D eigenvalue weighted by molar-refractivity contribution is 5.27. The lowest BCUT2D eigenvalue weighted by atomic mass is 10.0. The Labute approximate surface area is 127 Å². The molecule has 2 rings (SSSR count). The lowest BCUT2D eigenvalue weighted by Crippen LogP contribution is -2.21. The summed E-state index contributed by atoms with van der Waals surface area (Å²) in [6.07, 6.45) is 4.93. The van der Waals surface area contributed by atoms with E-state index >= 15 is 0 Å². The van der Waals surface area contributed by atoms with Crippen LogP contribution in [0.3, 0.4) is 0 Å². The number of nitrogens with zero attached hydrogens (tertiary/aromatic N) is 3. The van der Waals surface area contributed by atoms with Crippen LogP contribution >= 0.6 is 0 Å². The predicted molar refractivity (Wildman–Crippen MR) is 87.1 cm³/mol. The van der Waals surface area contributed by atoms with Gasteiger partial charge in [-0.05, 0) is 37.7 Å². The van der Waals surface area contributed by atoms with Crippen molar-refractivity contribution in [2.45, 2.75) is 26.4 Å². The first-order valence-electron chi connectivity index (χ1n) is 7.63. The SMILES string of the molecule is CCNCCc1ccccc1CN(C)Cc1nccn1C. The molecule has 4 nitrogen and oxygen atoms in total. The maximum atomic E-state index is 4.39. The first-order chi connectivity index (χ1) is 10.2. The molecular weight excluding hydrogens is 260 g/mol. The van der Waals surface area contributed by atoms with E-state index in [2.05, 4.69) is 58.0 Å². The second kappa shape index (κ2) is 7.96. The quantitative estimate of drug-likeness (QED) is 0.755. The Kier molecular flexibility index (Phi) is 5.96. The van der Waals surface area contributed by atoms with Crippen LogP contribution in [0, 0.1) is 0 Å². The van der Waals surface area contributed by atoms with Crippen LogP contribution in [0.15, 0.2) is 36.7 Å². The molecule has 0 fully saturated rings. The van der Waals surface area contributed by atoms with Gasteiger partial charge in [-0.1, -0.05) is 31.2 Å². The maximum Gasteiger partial charge on any atom is 0.122 e. The van der Waals surface area contributed by atoms with E-state index < -0.39 is 0 Å². The zero-order valence-corrected chi connectivity index (χ0v) is 13.3. The average molecular weight is 286 g/mol. The van der Waals surface area contributed by atoms with E-state index in [-0.39, 0.29) is 0 Å². The van der Waals surface area contributed by atoms with Gasteiger partial charge in [0.2, 0.25) is 0 Å². The summed E-state index contributed by atoms with van der Waals surface area (Å²) >= 11 is 0. The molecule has 0 aliphatic carbocycles. The number of hydrogen-bond acceptors (Lipinski definition) is 3. The Morgan fingerprint density at radius 1 is 1.19 bits per heavy atom. The second-order valence-electron chi connectivity index (χ2n) is 5.50. The van der Waals surface area contributed by atoms with Crippen molar-refractivity contribution in [1.29, 1.82) is 0 Å². The number of aromatic nitrogens is 2. The molecule has 0 aliphatic rings. The molecule has 0 amide bonds. The summed E-state index contributed by atoms with van der Waals surface area (Å²) < 4.78 is 2.08. The first kappa shape index (κ1) is 15.7. The van der Waals surface area contributed by atoms with Gasteiger partial charge in [-0.2, -0.15) is 0 Å². The second-order valence-corrected chi connectivity index (χ2v) is 5.50. The molecule has 1 heterocycles. The normalized spacial score (nSPS) is 11.2. The number of hydrogen-bond donors (Lipinski definition) is 1. The van der Waals surface area contributed by atoms with Crippen molar-refractivity contribution in [3.8, 4) is 0 Å². The van der Waals surface area contributed by atoms with E-state index in [1.165, 1.54) is 11.1 Å². The van der Waals surface area contributed by atoms with Crippen molar-refractivity contribution in [1.82, 2.24) is 19.8 Å². The standard InChI is InChI=1S/C17H26N4/c1-4-18-10-9-15-7-5-6-8-16(15)13-20(2)14-17-19-11-12-21(17)3/h5-8,11-12,18H,4,9-10,13-14H2,1-3H3. The third-order valence-electron chi connectivity index (χ3n) is 3.71. The summed E-state index contributed by atoms with van der Waals surface area (Å²) in [7, 11) is 4.19. The van der Waals surface area contributed by atoms with Gasteiger partial charge in [-0.3, -0.25) is 4.90 Å². The van der Waals surface area contributed by atoms with Gasteiger partial charge in [-0.15, -0.1) is 0 Å². The van der Waals surface area contributed by atoms with Gasteiger partial charge in [0.15, 0.2) is 0 Å². The monoisotopic (exact) mass is 286 g/mol. The minimum atomic E-state index is 0.866. The van der Waals surface area contributed by atoms with Gasteiger partial charge in [0.05, 0.1) is 6.54 Å². The summed E-state index contributed by atoms with van der Waals surface area (Å²) in [5, 5.41) is 3.39. The first-order valence-corrected chi connectivity index (χ1v) is 7.63. The van der Waals surface area contributed by atoms with E-state index in [1.54, 1.807) is 0 Å². The highest BCUT2D eigenvalue weighted by Crippen LogP contribution is 2.13. The van der Waals surface area contributed by atoms with Crippen molar-refractivity contribution in [2.24, 2.45) is 7.05 Å². The van der Waals surface area contributed by atoms with E-state index in [0.717, 1.165) is 38.4 Å². The molecule has 1 N–H and O–H groups in total. The number of likely N-dealkylation sites (N-methyl/N-ethyl adjacent to an activating group) is 1. The summed E-state index contributed by atoms with van der Waals surface area (Å²) in [4.78, 5) is 6.71. The van der Waals surface area contributed by atoms with Gasteiger partial charge in [0.1, 0.15) is 5.82 Å². The molecule has 21 heavy (non-hydrogen) atoms. The molecule has 0 radical (unpaired) electrons. The molecule has 1 aromatic heterocycles. The van der Waals surface area contributed by atoms with Crippen LogP contribution in [0.1, 0.15) is 23.9 Å². The maximum absolute atomic E-state index is 4.39. The summed E-state index contributed by atoms with van der Waals surface area (Å²) in [5.41, 5.74) is 2.84. The van der Waals surface area contributed by atoms with Crippen molar-refractivity contribution in [2.75, 3.05) is 20.1 Å². The summed E-state index contributed by atoms with van der Waals surface area (Å²) in [5.74, 6) is 1.10. The Morgan fingerprint density at radius 3 is 2.62 bits per heavy atom. The summed E-state index contributed by atoms with van der Waals surface area (Å²) in [6.45, 7) is 6.03. The Morgan fingerprint density at radius 2 is 1.95 bits per heavy atom. The Bertz CT molecular complexity index is 547. The van der Waals surface area contributed by atoms with Gasteiger partial charge in [-0.25, -0.2) is 4.98 Å². The van der Waals surface area contributed by atoms with Gasteiger partial charge in [0, 0.05) is 26.0 Å². The van der Waals surface area contributed by atoms with E-state index in [1.807, 2.05) is 19.4 Å². The van der Waals surface area contributed by atoms with Gasteiger partial charge >= 0.3 is 0 Å². The molecule has 114 valence electrons. The molecule has 1 aromatic carbocycles. The minimum absolute atomic E-state index is 0.866. The van der Waals surface area contributed by atoms with Crippen molar-refractivity contribution in [3.05, 3.63) is 53.6 Å². The van der Waals surface area contributed by atoms with Crippen molar-refractivity contribution >= 4 is 0 Å². The van der Waals surface area contributed by atoms with E-state index in [4.69, 9.17) is 0 Å². The minimum Gasteiger partial charge on any atom is -0.337 e. The average Bonchev–Trinajstić information content (AvgIpc) is 2.86. The zero-order chi connectivity index (χ0) is 15.1. The number of aryl methyl sites for hydroxylation is 1. The van der Waals surface area contributed by atoms with Gasteiger partial charge in [0.25, 0.3) is 0 Å². The number of rotatable bonds is 8. The molecule has 0 aliphatic heterocycles. The molecule has 0 unspecified atom stereocenters. The number of imidazole rings is 1. The molecule has 2 aromatic rings. The van der Waals surface area contributed by atoms with Crippen LogP contribution in [0.2, 0.25) is 0 Å². The highest BCUT2D eigenvalue weighted by Gasteiger charge is 2.08. The lowest BCUT2D eigenvalue weighted by Gasteiger charge is -2.18. The Balaban J connectivity index is 1.96. The van der Waals surface area contributed by atoms with Crippen molar-refractivity contribution in [3.63, 3.8) is 0 Å². The smallest absolute Gasteiger partial charge is 0.122 e. The fraction of sp³-hybridized carbons (Fsp3) is 0.471. The number of benzene rings is 1. The van der Waals surface area contributed by atoms with E-state index in [9.17, 15) is 0 Å². The van der Waals surface area contributed by atoms with Crippen LogP contribution in [0.25, 0.3) is 0 Å². The van der Waals surface area contributed by atoms with Gasteiger partial charge < -0.3 is 9.88 Å². The lowest BCUT2D eigenvalue weighted by molar-refractivity contribution is 0.306.